The number of hydrogen-bond acceptors (Lipinski definition) is 3. The molecular formula is C9H8BrFO3. The molecule has 0 saturated carbocycles. The van der Waals surface area contributed by atoms with Crippen LogP contribution in [0.1, 0.15) is 10.4 Å². The summed E-state index contributed by atoms with van der Waals surface area (Å²) in [5, 5.41) is 0. The maximum Gasteiger partial charge on any atom is 0.188 e. The number of benzene rings is 1. The van der Waals surface area contributed by atoms with Crippen molar-refractivity contribution in [1.82, 2.24) is 0 Å². The highest BCUT2D eigenvalue weighted by Gasteiger charge is 2.10. The molecule has 0 aliphatic carbocycles. The molecule has 1 aromatic carbocycles. The van der Waals surface area contributed by atoms with Crippen LogP contribution in [0, 0.1) is 5.82 Å². The molecule has 1 aromatic rings. The van der Waals surface area contributed by atoms with Crippen LogP contribution in [0.4, 0.5) is 4.39 Å². The Morgan fingerprint density at radius 3 is 2.86 bits per heavy atom. The zero-order valence-electron chi connectivity index (χ0n) is 7.42. The van der Waals surface area contributed by atoms with Crippen molar-refractivity contribution in [1.29, 1.82) is 0 Å². The summed E-state index contributed by atoms with van der Waals surface area (Å²) in [5.41, 5.74) is -0.106. The minimum Gasteiger partial charge on any atom is -0.467 e. The zero-order valence-corrected chi connectivity index (χ0v) is 9.01. The molecule has 0 saturated heterocycles. The zero-order chi connectivity index (χ0) is 10.6. The fraction of sp³-hybridized carbons (Fsp3) is 0.222. The van der Waals surface area contributed by atoms with Crippen molar-refractivity contribution < 1.29 is 18.7 Å². The lowest BCUT2D eigenvalue weighted by molar-refractivity contribution is 0.0502. The van der Waals surface area contributed by atoms with Gasteiger partial charge in [0, 0.05) is 11.6 Å². The van der Waals surface area contributed by atoms with Gasteiger partial charge in [0.25, 0.3) is 0 Å². The molecule has 0 heterocycles. The summed E-state index contributed by atoms with van der Waals surface area (Å²) in [4.78, 5) is 10.5. The number of ether oxygens (including phenoxy) is 2. The minimum atomic E-state index is -0.625. The van der Waals surface area contributed by atoms with Gasteiger partial charge >= 0.3 is 0 Å². The number of halogens is 2. The van der Waals surface area contributed by atoms with E-state index in [1.165, 1.54) is 19.2 Å². The average molecular weight is 263 g/mol. The predicted octanol–water partition coefficient (Wildman–Crippen LogP) is 2.38. The molecule has 5 heteroatoms. The van der Waals surface area contributed by atoms with E-state index in [1.54, 1.807) is 0 Å². The second-order valence-corrected chi connectivity index (χ2v) is 3.38. The lowest BCUT2D eigenvalue weighted by atomic mass is 10.2. The Kier molecular flexibility index (Phi) is 4.03. The van der Waals surface area contributed by atoms with Crippen molar-refractivity contribution in [2.24, 2.45) is 0 Å². The maximum absolute atomic E-state index is 13.2. The molecule has 1 rings (SSSR count). The Morgan fingerprint density at radius 1 is 1.57 bits per heavy atom. The standard InChI is InChI=1S/C9H8BrFO3/c1-13-5-14-9-3-6(10)2-8(11)7(9)4-12/h2-4H,5H2,1H3. The topological polar surface area (TPSA) is 35.5 Å². The van der Waals surface area contributed by atoms with Gasteiger partial charge < -0.3 is 9.47 Å². The monoisotopic (exact) mass is 262 g/mol. The third-order valence-corrected chi connectivity index (χ3v) is 1.96. The Hall–Kier alpha value is -0.940. The van der Waals surface area contributed by atoms with Crippen molar-refractivity contribution in [3.63, 3.8) is 0 Å². The molecule has 0 fully saturated rings. The average Bonchev–Trinajstić information content (AvgIpc) is 2.14. The van der Waals surface area contributed by atoms with Gasteiger partial charge in [0.05, 0.1) is 5.56 Å². The SMILES string of the molecule is COCOc1cc(Br)cc(F)c1C=O. The van der Waals surface area contributed by atoms with Gasteiger partial charge in [0.15, 0.2) is 13.1 Å². The smallest absolute Gasteiger partial charge is 0.188 e. The van der Waals surface area contributed by atoms with E-state index in [0.29, 0.717) is 10.8 Å². The molecule has 0 spiro atoms. The van der Waals surface area contributed by atoms with Crippen LogP contribution in [0.15, 0.2) is 16.6 Å². The van der Waals surface area contributed by atoms with Crippen molar-refractivity contribution in [3.05, 3.63) is 28.0 Å². The summed E-state index contributed by atoms with van der Waals surface area (Å²) >= 11 is 3.09. The van der Waals surface area contributed by atoms with Gasteiger partial charge in [-0.05, 0) is 12.1 Å². The summed E-state index contributed by atoms with van der Waals surface area (Å²) in [6.07, 6.45) is 0.409. The molecule has 0 atom stereocenters. The third kappa shape index (κ3) is 2.52. The summed E-state index contributed by atoms with van der Waals surface area (Å²) in [6, 6.07) is 2.70. The number of aldehydes is 1. The van der Waals surface area contributed by atoms with Crippen LogP contribution < -0.4 is 4.74 Å². The van der Waals surface area contributed by atoms with Crippen LogP contribution in [0.2, 0.25) is 0 Å². The molecule has 0 unspecified atom stereocenters. The van der Waals surface area contributed by atoms with Crippen molar-refractivity contribution in [2.75, 3.05) is 13.9 Å². The van der Waals surface area contributed by atoms with Crippen molar-refractivity contribution >= 4 is 22.2 Å². The van der Waals surface area contributed by atoms with E-state index in [-0.39, 0.29) is 18.1 Å². The van der Waals surface area contributed by atoms with E-state index in [1.807, 2.05) is 0 Å². The molecule has 3 nitrogen and oxygen atoms in total. The number of hydrogen-bond donors (Lipinski definition) is 0. The fourth-order valence-corrected chi connectivity index (χ4v) is 1.33. The molecule has 0 bridgehead atoms. The number of carbonyl (C=O) groups is 1. The summed E-state index contributed by atoms with van der Waals surface area (Å²) in [6.45, 7) is -0.0310. The Morgan fingerprint density at radius 2 is 2.29 bits per heavy atom. The lowest BCUT2D eigenvalue weighted by Gasteiger charge is -2.08. The van der Waals surface area contributed by atoms with E-state index < -0.39 is 5.82 Å². The first-order chi connectivity index (χ1) is 6.69. The maximum atomic E-state index is 13.2. The molecule has 0 radical (unpaired) electrons. The molecule has 0 amide bonds. The van der Waals surface area contributed by atoms with E-state index in [2.05, 4.69) is 20.7 Å². The molecule has 0 N–H and O–H groups in total. The number of carbonyl (C=O) groups excluding carboxylic acids is 1. The highest BCUT2D eigenvalue weighted by molar-refractivity contribution is 9.10. The van der Waals surface area contributed by atoms with Gasteiger partial charge in [-0.1, -0.05) is 15.9 Å². The van der Waals surface area contributed by atoms with Crippen LogP contribution in [-0.2, 0) is 4.74 Å². The first-order valence-corrected chi connectivity index (χ1v) is 4.54. The van der Waals surface area contributed by atoms with Crippen LogP contribution in [-0.4, -0.2) is 20.2 Å². The molecule has 76 valence electrons. The van der Waals surface area contributed by atoms with Crippen molar-refractivity contribution in [3.8, 4) is 5.75 Å². The van der Waals surface area contributed by atoms with Gasteiger partial charge in [-0.2, -0.15) is 0 Å². The lowest BCUT2D eigenvalue weighted by Crippen LogP contribution is -2.03. The van der Waals surface area contributed by atoms with Crippen LogP contribution in [0.3, 0.4) is 0 Å². The molecule has 0 aliphatic heterocycles. The highest BCUT2D eigenvalue weighted by Crippen LogP contribution is 2.25. The summed E-state index contributed by atoms with van der Waals surface area (Å²) in [5.74, 6) is -0.464. The first-order valence-electron chi connectivity index (χ1n) is 3.75. The van der Waals surface area contributed by atoms with Gasteiger partial charge in [-0.3, -0.25) is 4.79 Å². The van der Waals surface area contributed by atoms with Gasteiger partial charge in [-0.15, -0.1) is 0 Å². The number of rotatable bonds is 4. The molecule has 14 heavy (non-hydrogen) atoms. The van der Waals surface area contributed by atoms with E-state index in [0.717, 1.165) is 0 Å². The van der Waals surface area contributed by atoms with Gasteiger partial charge in [-0.25, -0.2) is 4.39 Å². The van der Waals surface area contributed by atoms with E-state index >= 15 is 0 Å². The minimum absolute atomic E-state index is 0.0310. The van der Waals surface area contributed by atoms with Gasteiger partial charge in [0.1, 0.15) is 11.6 Å². The molecule has 0 aromatic heterocycles. The Bertz CT molecular complexity index is 341. The quantitative estimate of drug-likeness (QED) is 0.618. The van der Waals surface area contributed by atoms with Crippen LogP contribution in [0.25, 0.3) is 0 Å². The Labute approximate surface area is 88.9 Å². The summed E-state index contributed by atoms with van der Waals surface area (Å²) < 4.78 is 23.3. The van der Waals surface area contributed by atoms with E-state index in [4.69, 9.17) is 4.74 Å². The predicted molar refractivity (Wildman–Crippen MR) is 52.0 cm³/mol. The Balaban J connectivity index is 3.05. The van der Waals surface area contributed by atoms with Crippen LogP contribution >= 0.6 is 15.9 Å². The largest absolute Gasteiger partial charge is 0.467 e. The molecular weight excluding hydrogens is 255 g/mol. The normalized spacial score (nSPS) is 9.93. The fourth-order valence-electron chi connectivity index (χ4n) is 0.917. The number of methoxy groups -OCH3 is 1. The van der Waals surface area contributed by atoms with E-state index in [9.17, 15) is 9.18 Å². The van der Waals surface area contributed by atoms with Crippen molar-refractivity contribution in [2.45, 2.75) is 0 Å². The van der Waals surface area contributed by atoms with Gasteiger partial charge in [0.2, 0.25) is 0 Å². The second kappa shape index (κ2) is 5.07. The third-order valence-electron chi connectivity index (χ3n) is 1.51. The first kappa shape index (κ1) is 11.1. The second-order valence-electron chi connectivity index (χ2n) is 2.47. The van der Waals surface area contributed by atoms with Crippen LogP contribution in [0.5, 0.6) is 5.75 Å². The molecule has 0 aliphatic rings. The highest BCUT2D eigenvalue weighted by atomic mass is 79.9. The summed E-state index contributed by atoms with van der Waals surface area (Å²) in [7, 11) is 1.44.